The molecule has 0 bridgehead atoms. The summed E-state index contributed by atoms with van der Waals surface area (Å²) >= 11 is 12.5. The molecule has 0 saturated heterocycles. The molecule has 3 rings (SSSR count). The fourth-order valence-corrected chi connectivity index (χ4v) is 3.44. The maximum atomic E-state index is 10.3. The van der Waals surface area contributed by atoms with Crippen molar-refractivity contribution in [3.63, 3.8) is 0 Å². The standard InChI is InChI=1S/C23H23Cl2NO3/c1-28-22-12-17(13-26-14-21(27)18-7-3-2-4-8-18)11-20(25)23(22)29-15-16-6-5-9-19(24)10-16/h2-12,21,26-27H,13-15H2,1H3/t21-/m0/s1. The Morgan fingerprint density at radius 2 is 1.76 bits per heavy atom. The molecule has 0 aliphatic carbocycles. The Morgan fingerprint density at radius 3 is 2.48 bits per heavy atom. The van der Waals surface area contributed by atoms with Gasteiger partial charge in [0.05, 0.1) is 18.2 Å². The van der Waals surface area contributed by atoms with Crippen molar-refractivity contribution in [1.29, 1.82) is 0 Å². The van der Waals surface area contributed by atoms with Crippen LogP contribution in [0.3, 0.4) is 0 Å². The molecule has 0 aromatic heterocycles. The zero-order valence-corrected chi connectivity index (χ0v) is 17.6. The molecule has 0 amide bonds. The van der Waals surface area contributed by atoms with Crippen molar-refractivity contribution in [2.75, 3.05) is 13.7 Å². The number of halogens is 2. The predicted molar refractivity (Wildman–Crippen MR) is 117 cm³/mol. The van der Waals surface area contributed by atoms with E-state index in [9.17, 15) is 5.11 Å². The molecule has 3 aromatic rings. The summed E-state index contributed by atoms with van der Waals surface area (Å²) in [6.45, 7) is 1.29. The maximum Gasteiger partial charge on any atom is 0.180 e. The minimum atomic E-state index is -0.575. The zero-order chi connectivity index (χ0) is 20.6. The van der Waals surface area contributed by atoms with Crippen LogP contribution in [-0.4, -0.2) is 18.8 Å². The first-order valence-corrected chi connectivity index (χ1v) is 10.00. The Hall–Kier alpha value is -2.24. The van der Waals surface area contributed by atoms with Crippen molar-refractivity contribution in [1.82, 2.24) is 5.32 Å². The van der Waals surface area contributed by atoms with E-state index in [0.717, 1.165) is 16.7 Å². The van der Waals surface area contributed by atoms with Gasteiger partial charge in [0.2, 0.25) is 0 Å². The van der Waals surface area contributed by atoms with Gasteiger partial charge in [-0.15, -0.1) is 0 Å². The Labute approximate surface area is 181 Å². The molecule has 1 atom stereocenters. The fourth-order valence-electron chi connectivity index (χ4n) is 2.94. The Morgan fingerprint density at radius 1 is 0.966 bits per heavy atom. The quantitative estimate of drug-likeness (QED) is 0.475. The molecule has 2 N–H and O–H groups in total. The highest BCUT2D eigenvalue weighted by Gasteiger charge is 2.13. The first kappa shape index (κ1) is 21.5. The molecule has 0 fully saturated rings. The van der Waals surface area contributed by atoms with Crippen LogP contribution >= 0.6 is 23.2 Å². The molecule has 0 heterocycles. The van der Waals surface area contributed by atoms with Gasteiger partial charge in [0, 0.05) is 18.1 Å². The summed E-state index contributed by atoms with van der Waals surface area (Å²) in [7, 11) is 1.58. The van der Waals surface area contributed by atoms with E-state index in [0.29, 0.717) is 41.2 Å². The first-order valence-electron chi connectivity index (χ1n) is 9.24. The van der Waals surface area contributed by atoms with Crippen LogP contribution in [0, 0.1) is 0 Å². The number of rotatable bonds is 9. The van der Waals surface area contributed by atoms with Crippen molar-refractivity contribution >= 4 is 23.2 Å². The minimum absolute atomic E-state index is 0.331. The Kier molecular flexibility index (Phi) is 7.78. The van der Waals surface area contributed by atoms with Crippen LogP contribution in [0.5, 0.6) is 11.5 Å². The summed E-state index contributed by atoms with van der Waals surface area (Å²) in [5.41, 5.74) is 2.75. The van der Waals surface area contributed by atoms with Gasteiger partial charge in [-0.2, -0.15) is 0 Å². The van der Waals surface area contributed by atoms with Gasteiger partial charge < -0.3 is 19.9 Å². The van der Waals surface area contributed by atoms with Gasteiger partial charge in [-0.25, -0.2) is 0 Å². The lowest BCUT2D eigenvalue weighted by atomic mass is 10.1. The third kappa shape index (κ3) is 6.12. The van der Waals surface area contributed by atoms with E-state index in [1.54, 1.807) is 7.11 Å². The zero-order valence-electron chi connectivity index (χ0n) is 16.1. The molecule has 6 heteroatoms. The van der Waals surface area contributed by atoms with Gasteiger partial charge >= 0.3 is 0 Å². The van der Waals surface area contributed by atoms with E-state index in [-0.39, 0.29) is 0 Å². The molecule has 0 spiro atoms. The van der Waals surface area contributed by atoms with Crippen LogP contribution in [0.2, 0.25) is 10.0 Å². The van der Waals surface area contributed by atoms with Gasteiger partial charge in [-0.05, 0) is 41.0 Å². The summed E-state index contributed by atoms with van der Waals surface area (Å²) in [6.07, 6.45) is -0.575. The molecule has 4 nitrogen and oxygen atoms in total. The number of nitrogens with one attached hydrogen (secondary N) is 1. The summed E-state index contributed by atoms with van der Waals surface area (Å²) in [5, 5.41) is 14.6. The monoisotopic (exact) mass is 431 g/mol. The van der Waals surface area contributed by atoms with E-state index in [1.807, 2.05) is 66.7 Å². The van der Waals surface area contributed by atoms with E-state index < -0.39 is 6.10 Å². The average molecular weight is 432 g/mol. The second-order valence-corrected chi connectivity index (χ2v) is 7.43. The van der Waals surface area contributed by atoms with Crippen molar-refractivity contribution in [2.45, 2.75) is 19.3 Å². The average Bonchev–Trinajstić information content (AvgIpc) is 2.73. The van der Waals surface area contributed by atoms with Gasteiger partial charge in [0.25, 0.3) is 0 Å². The van der Waals surface area contributed by atoms with Crippen LogP contribution in [0.15, 0.2) is 66.7 Å². The largest absolute Gasteiger partial charge is 0.493 e. The normalized spacial score (nSPS) is 11.9. The van der Waals surface area contributed by atoms with Gasteiger partial charge in [-0.3, -0.25) is 0 Å². The predicted octanol–water partition coefficient (Wildman–Crippen LogP) is 5.40. The Bertz CT molecular complexity index is 935. The van der Waals surface area contributed by atoms with Crippen molar-refractivity contribution in [3.05, 3.63) is 93.5 Å². The second-order valence-electron chi connectivity index (χ2n) is 6.59. The molecule has 0 aliphatic heterocycles. The third-order valence-electron chi connectivity index (χ3n) is 4.41. The van der Waals surface area contributed by atoms with Crippen molar-refractivity contribution in [3.8, 4) is 11.5 Å². The smallest absolute Gasteiger partial charge is 0.180 e. The Balaban J connectivity index is 1.61. The molecule has 152 valence electrons. The molecule has 0 unspecified atom stereocenters. The maximum absolute atomic E-state index is 10.3. The number of hydrogen-bond donors (Lipinski definition) is 2. The molecule has 0 saturated carbocycles. The molecule has 3 aromatic carbocycles. The van der Waals surface area contributed by atoms with E-state index in [2.05, 4.69) is 5.32 Å². The molecule has 0 aliphatic rings. The van der Waals surface area contributed by atoms with Crippen molar-refractivity contribution in [2.24, 2.45) is 0 Å². The van der Waals surface area contributed by atoms with E-state index >= 15 is 0 Å². The second kappa shape index (κ2) is 10.5. The number of aliphatic hydroxyl groups excluding tert-OH is 1. The summed E-state index contributed by atoms with van der Waals surface area (Å²) in [6, 6.07) is 20.7. The fraction of sp³-hybridized carbons (Fsp3) is 0.217. The number of benzene rings is 3. The summed E-state index contributed by atoms with van der Waals surface area (Å²) in [4.78, 5) is 0. The highest BCUT2D eigenvalue weighted by molar-refractivity contribution is 6.32. The van der Waals surface area contributed by atoms with Crippen LogP contribution < -0.4 is 14.8 Å². The molecule has 0 radical (unpaired) electrons. The lowest BCUT2D eigenvalue weighted by molar-refractivity contribution is 0.174. The molecule has 29 heavy (non-hydrogen) atoms. The number of hydrogen-bond acceptors (Lipinski definition) is 4. The summed E-state index contributed by atoms with van der Waals surface area (Å²) in [5.74, 6) is 1.04. The first-order chi connectivity index (χ1) is 14.1. The molecular weight excluding hydrogens is 409 g/mol. The van der Waals surface area contributed by atoms with E-state index in [1.165, 1.54) is 0 Å². The third-order valence-corrected chi connectivity index (χ3v) is 4.93. The number of ether oxygens (including phenoxy) is 2. The number of methoxy groups -OCH3 is 1. The highest BCUT2D eigenvalue weighted by atomic mass is 35.5. The van der Waals surface area contributed by atoms with E-state index in [4.69, 9.17) is 32.7 Å². The van der Waals surface area contributed by atoms with Crippen LogP contribution in [-0.2, 0) is 13.2 Å². The minimum Gasteiger partial charge on any atom is -0.493 e. The number of aliphatic hydroxyl groups is 1. The van der Waals surface area contributed by atoms with Crippen LogP contribution in [0.25, 0.3) is 0 Å². The summed E-state index contributed by atoms with van der Waals surface area (Å²) < 4.78 is 11.3. The van der Waals surface area contributed by atoms with Crippen molar-refractivity contribution < 1.29 is 14.6 Å². The molecular formula is C23H23Cl2NO3. The van der Waals surface area contributed by atoms with Gasteiger partial charge in [-0.1, -0.05) is 65.7 Å². The van der Waals surface area contributed by atoms with Crippen LogP contribution in [0.4, 0.5) is 0 Å². The highest BCUT2D eigenvalue weighted by Crippen LogP contribution is 2.37. The topological polar surface area (TPSA) is 50.7 Å². The van der Waals surface area contributed by atoms with Crippen LogP contribution in [0.1, 0.15) is 22.8 Å². The SMILES string of the molecule is COc1cc(CNC[C@H](O)c2ccccc2)cc(Cl)c1OCc1cccc(Cl)c1. The lowest BCUT2D eigenvalue weighted by Crippen LogP contribution is -2.21. The van der Waals surface area contributed by atoms with Gasteiger partial charge in [0.15, 0.2) is 11.5 Å². The lowest BCUT2D eigenvalue weighted by Gasteiger charge is -2.16. The van der Waals surface area contributed by atoms with Gasteiger partial charge in [0.1, 0.15) is 6.61 Å².